The fraction of sp³-hybridized carbons (Fsp3) is 0.625. The average Bonchev–Trinajstić information content (AvgIpc) is 2.34. The highest BCUT2D eigenvalue weighted by Crippen LogP contribution is 2.13. The normalized spacial score (nSPS) is 12.7. The maximum atomic E-state index is 9.83. The second-order valence-electron chi connectivity index (χ2n) is 5.41. The monoisotopic (exact) mass is 281 g/mol. The van der Waals surface area contributed by atoms with Crippen molar-refractivity contribution in [3.63, 3.8) is 0 Å². The first-order chi connectivity index (χ1) is 9.47. The van der Waals surface area contributed by atoms with Crippen LogP contribution in [0.5, 0.6) is 0 Å². The van der Waals surface area contributed by atoms with Crippen LogP contribution in [0.2, 0.25) is 0 Å². The first-order valence-electron chi connectivity index (χ1n) is 7.17. The third-order valence-corrected chi connectivity index (χ3v) is 2.75. The van der Waals surface area contributed by atoms with Gasteiger partial charge < -0.3 is 19.9 Å². The molecule has 1 atom stereocenters. The summed E-state index contributed by atoms with van der Waals surface area (Å²) >= 11 is 0. The Kier molecular flexibility index (Phi) is 7.59. The van der Waals surface area contributed by atoms with Crippen molar-refractivity contribution in [3.05, 3.63) is 29.3 Å². The molecule has 1 aromatic rings. The Labute approximate surface area is 122 Å². The Morgan fingerprint density at radius 1 is 1.10 bits per heavy atom. The van der Waals surface area contributed by atoms with E-state index in [-0.39, 0.29) is 6.10 Å². The first kappa shape index (κ1) is 17.0. The van der Waals surface area contributed by atoms with E-state index in [9.17, 15) is 5.11 Å². The molecule has 2 N–H and O–H groups in total. The van der Waals surface area contributed by atoms with E-state index in [2.05, 4.69) is 37.4 Å². The van der Waals surface area contributed by atoms with Gasteiger partial charge >= 0.3 is 0 Å². The van der Waals surface area contributed by atoms with Gasteiger partial charge in [0, 0.05) is 12.2 Å². The lowest BCUT2D eigenvalue weighted by Gasteiger charge is -2.14. The molecule has 0 heterocycles. The van der Waals surface area contributed by atoms with E-state index in [1.54, 1.807) is 0 Å². The smallest absolute Gasteiger partial charge is 0.0945 e. The molecule has 0 amide bonds. The van der Waals surface area contributed by atoms with Crippen LogP contribution in [0.3, 0.4) is 0 Å². The van der Waals surface area contributed by atoms with E-state index < -0.39 is 6.10 Å². The van der Waals surface area contributed by atoms with Crippen molar-refractivity contribution < 1.29 is 14.6 Å². The molecule has 0 aromatic heterocycles. The molecule has 0 spiro atoms. The maximum Gasteiger partial charge on any atom is 0.0945 e. The van der Waals surface area contributed by atoms with Crippen molar-refractivity contribution in [3.8, 4) is 0 Å². The van der Waals surface area contributed by atoms with E-state index in [1.165, 1.54) is 11.1 Å². The lowest BCUT2D eigenvalue weighted by molar-refractivity contribution is -0.00734. The predicted molar refractivity (Wildman–Crippen MR) is 82.3 cm³/mol. The second-order valence-corrected chi connectivity index (χ2v) is 5.41. The molecule has 4 nitrogen and oxygen atoms in total. The van der Waals surface area contributed by atoms with Crippen molar-refractivity contribution in [2.45, 2.75) is 39.9 Å². The highest BCUT2D eigenvalue weighted by Gasteiger charge is 2.05. The van der Waals surface area contributed by atoms with Gasteiger partial charge in [0.25, 0.3) is 0 Å². The van der Waals surface area contributed by atoms with E-state index >= 15 is 0 Å². The van der Waals surface area contributed by atoms with Crippen LogP contribution in [0.15, 0.2) is 18.2 Å². The summed E-state index contributed by atoms with van der Waals surface area (Å²) in [6.45, 7) is 9.98. The zero-order valence-electron chi connectivity index (χ0n) is 13.0. The lowest BCUT2D eigenvalue weighted by Crippen LogP contribution is -2.26. The number of aliphatic hydroxyl groups is 1. The minimum absolute atomic E-state index is 0.217. The van der Waals surface area contributed by atoms with Gasteiger partial charge in [-0.25, -0.2) is 0 Å². The lowest BCUT2D eigenvalue weighted by atomic mass is 10.1. The molecular weight excluding hydrogens is 254 g/mol. The standard InChI is InChI=1S/C16H27NO3/c1-12(2)20-6-5-19-11-16(18)10-17-15-8-13(3)7-14(4)9-15/h7-9,12,16-18H,5-6,10-11H2,1-4H3. The fourth-order valence-corrected chi connectivity index (χ4v) is 1.93. The van der Waals surface area contributed by atoms with Crippen molar-refractivity contribution in [1.29, 1.82) is 0 Å². The zero-order valence-corrected chi connectivity index (χ0v) is 13.0. The number of anilines is 1. The summed E-state index contributed by atoms with van der Waals surface area (Å²) in [5.74, 6) is 0. The van der Waals surface area contributed by atoms with Gasteiger partial charge in [0.2, 0.25) is 0 Å². The van der Waals surface area contributed by atoms with Crippen molar-refractivity contribution in [1.82, 2.24) is 0 Å². The van der Waals surface area contributed by atoms with Gasteiger partial charge in [0.1, 0.15) is 0 Å². The Bertz CT molecular complexity index is 373. The molecule has 0 aliphatic carbocycles. The number of nitrogens with one attached hydrogen (secondary N) is 1. The summed E-state index contributed by atoms with van der Waals surface area (Å²) in [6, 6.07) is 6.26. The van der Waals surface area contributed by atoms with Gasteiger partial charge in [-0.3, -0.25) is 0 Å². The topological polar surface area (TPSA) is 50.7 Å². The summed E-state index contributed by atoms with van der Waals surface area (Å²) in [4.78, 5) is 0. The molecule has 20 heavy (non-hydrogen) atoms. The summed E-state index contributed by atoms with van der Waals surface area (Å²) in [6.07, 6.45) is -0.301. The third kappa shape index (κ3) is 7.48. The summed E-state index contributed by atoms with van der Waals surface area (Å²) < 4.78 is 10.7. The Hall–Kier alpha value is -1.10. The Morgan fingerprint density at radius 2 is 1.75 bits per heavy atom. The number of rotatable bonds is 9. The minimum atomic E-state index is -0.519. The number of ether oxygens (including phenoxy) is 2. The molecule has 0 saturated carbocycles. The van der Waals surface area contributed by atoms with Crippen LogP contribution in [0, 0.1) is 13.8 Å². The van der Waals surface area contributed by atoms with E-state index in [0.717, 1.165) is 5.69 Å². The van der Waals surface area contributed by atoms with Crippen LogP contribution >= 0.6 is 0 Å². The van der Waals surface area contributed by atoms with Crippen molar-refractivity contribution in [2.75, 3.05) is 31.7 Å². The number of benzene rings is 1. The highest BCUT2D eigenvalue weighted by atomic mass is 16.5. The zero-order chi connectivity index (χ0) is 15.0. The molecule has 1 rings (SSSR count). The largest absolute Gasteiger partial charge is 0.389 e. The molecule has 114 valence electrons. The molecule has 0 aliphatic rings. The van der Waals surface area contributed by atoms with Gasteiger partial charge in [0.15, 0.2) is 0 Å². The van der Waals surface area contributed by atoms with Gasteiger partial charge in [-0.1, -0.05) is 6.07 Å². The van der Waals surface area contributed by atoms with Crippen LogP contribution < -0.4 is 5.32 Å². The van der Waals surface area contributed by atoms with Crippen molar-refractivity contribution >= 4 is 5.69 Å². The quantitative estimate of drug-likeness (QED) is 0.683. The molecule has 0 radical (unpaired) electrons. The molecule has 4 heteroatoms. The summed E-state index contributed by atoms with van der Waals surface area (Å²) in [7, 11) is 0. The van der Waals surface area contributed by atoms with E-state index in [0.29, 0.717) is 26.4 Å². The van der Waals surface area contributed by atoms with Gasteiger partial charge in [-0.15, -0.1) is 0 Å². The average molecular weight is 281 g/mol. The Morgan fingerprint density at radius 3 is 2.35 bits per heavy atom. The molecule has 0 aliphatic heterocycles. The molecule has 0 bridgehead atoms. The Balaban J connectivity index is 2.17. The van der Waals surface area contributed by atoms with Crippen molar-refractivity contribution in [2.24, 2.45) is 0 Å². The summed E-state index contributed by atoms with van der Waals surface area (Å²) in [5, 5.41) is 13.1. The number of aliphatic hydroxyl groups excluding tert-OH is 1. The molecule has 1 unspecified atom stereocenters. The van der Waals surface area contributed by atoms with E-state index in [1.807, 2.05) is 13.8 Å². The van der Waals surface area contributed by atoms with Crippen LogP contribution in [0.25, 0.3) is 0 Å². The predicted octanol–water partition coefficient (Wildman–Crippen LogP) is 2.52. The third-order valence-electron chi connectivity index (χ3n) is 2.75. The van der Waals surface area contributed by atoms with Gasteiger partial charge in [0.05, 0.1) is 32.0 Å². The minimum Gasteiger partial charge on any atom is -0.389 e. The first-order valence-corrected chi connectivity index (χ1v) is 7.17. The maximum absolute atomic E-state index is 9.83. The fourth-order valence-electron chi connectivity index (χ4n) is 1.93. The van der Waals surface area contributed by atoms with E-state index in [4.69, 9.17) is 9.47 Å². The molecule has 0 saturated heterocycles. The molecular formula is C16H27NO3. The SMILES string of the molecule is Cc1cc(C)cc(NCC(O)COCCOC(C)C)c1. The molecule has 1 aromatic carbocycles. The number of hydrogen-bond donors (Lipinski definition) is 2. The number of aryl methyl sites for hydroxylation is 2. The molecule has 0 fully saturated rings. The van der Waals surface area contributed by atoms with Crippen LogP contribution in [-0.4, -0.2) is 43.7 Å². The highest BCUT2D eigenvalue weighted by molar-refractivity contribution is 5.48. The van der Waals surface area contributed by atoms with Crippen LogP contribution in [-0.2, 0) is 9.47 Å². The number of hydrogen-bond acceptors (Lipinski definition) is 4. The second kappa shape index (κ2) is 8.95. The van der Waals surface area contributed by atoms with Gasteiger partial charge in [-0.05, 0) is 51.0 Å². The van der Waals surface area contributed by atoms with Gasteiger partial charge in [-0.2, -0.15) is 0 Å². The van der Waals surface area contributed by atoms with Crippen LogP contribution in [0.4, 0.5) is 5.69 Å². The van der Waals surface area contributed by atoms with Crippen LogP contribution in [0.1, 0.15) is 25.0 Å². The summed E-state index contributed by atoms with van der Waals surface area (Å²) in [5.41, 5.74) is 3.46.